The summed E-state index contributed by atoms with van der Waals surface area (Å²) < 4.78 is 53.1. The maximum absolute atomic E-state index is 12.6. The van der Waals surface area contributed by atoms with Crippen molar-refractivity contribution in [1.29, 1.82) is 0 Å². The van der Waals surface area contributed by atoms with Crippen LogP contribution in [0, 0.1) is 0 Å². The molecule has 0 fully saturated rings. The SMILES string of the molecule is CC(OC(=O)CNC(=O)c1ccc(C(F)(F)F)cc1)C(=O)NCc1ccc2c(c1)OCO2. The monoisotopic (exact) mass is 452 g/mol. The van der Waals surface area contributed by atoms with Crippen LogP contribution in [0.1, 0.15) is 28.4 Å². The van der Waals surface area contributed by atoms with E-state index in [1.54, 1.807) is 18.2 Å². The van der Waals surface area contributed by atoms with Gasteiger partial charge in [0.2, 0.25) is 6.79 Å². The highest BCUT2D eigenvalue weighted by atomic mass is 19.4. The lowest BCUT2D eigenvalue weighted by molar-refractivity contribution is -0.153. The normalized spacial score (nSPS) is 13.2. The number of amides is 2. The Hall–Kier alpha value is -3.76. The van der Waals surface area contributed by atoms with Crippen LogP contribution in [0.25, 0.3) is 0 Å². The fraction of sp³-hybridized carbons (Fsp3) is 0.286. The minimum Gasteiger partial charge on any atom is -0.454 e. The number of fused-ring (bicyclic) bond motifs is 1. The number of alkyl halides is 3. The molecule has 0 saturated carbocycles. The Morgan fingerprint density at radius 3 is 2.41 bits per heavy atom. The van der Waals surface area contributed by atoms with Crippen molar-refractivity contribution in [3.63, 3.8) is 0 Å². The van der Waals surface area contributed by atoms with E-state index in [-0.39, 0.29) is 18.9 Å². The third-order valence-electron chi connectivity index (χ3n) is 4.45. The van der Waals surface area contributed by atoms with Crippen molar-refractivity contribution in [2.45, 2.75) is 25.7 Å². The van der Waals surface area contributed by atoms with Gasteiger partial charge in [-0.05, 0) is 48.9 Å². The summed E-state index contributed by atoms with van der Waals surface area (Å²) in [6.45, 7) is 1.11. The van der Waals surface area contributed by atoms with Crippen LogP contribution < -0.4 is 20.1 Å². The van der Waals surface area contributed by atoms with E-state index in [1.807, 2.05) is 0 Å². The Kier molecular flexibility index (Phi) is 6.86. The van der Waals surface area contributed by atoms with Crippen molar-refractivity contribution in [1.82, 2.24) is 10.6 Å². The zero-order chi connectivity index (χ0) is 23.3. The number of esters is 1. The molecule has 1 unspecified atom stereocenters. The van der Waals surface area contributed by atoms with Crippen LogP contribution in [-0.2, 0) is 27.0 Å². The zero-order valence-corrected chi connectivity index (χ0v) is 16.8. The third kappa shape index (κ3) is 5.90. The molecule has 0 spiro atoms. The van der Waals surface area contributed by atoms with Gasteiger partial charge in [0.25, 0.3) is 11.8 Å². The van der Waals surface area contributed by atoms with Crippen molar-refractivity contribution in [2.24, 2.45) is 0 Å². The summed E-state index contributed by atoms with van der Waals surface area (Å²) in [5.41, 5.74) is -0.195. The van der Waals surface area contributed by atoms with E-state index < -0.39 is 42.2 Å². The van der Waals surface area contributed by atoms with Crippen molar-refractivity contribution in [3.05, 3.63) is 59.2 Å². The van der Waals surface area contributed by atoms with Crippen molar-refractivity contribution in [2.75, 3.05) is 13.3 Å². The molecular formula is C21H19F3N2O6. The first kappa shape index (κ1) is 22.9. The van der Waals surface area contributed by atoms with Crippen LogP contribution in [0.5, 0.6) is 11.5 Å². The lowest BCUT2D eigenvalue weighted by Crippen LogP contribution is -2.38. The summed E-state index contributed by atoms with van der Waals surface area (Å²) in [7, 11) is 0. The lowest BCUT2D eigenvalue weighted by Gasteiger charge is -2.14. The van der Waals surface area contributed by atoms with E-state index in [1.165, 1.54) is 6.92 Å². The summed E-state index contributed by atoms with van der Waals surface area (Å²) in [5.74, 6) is -1.00. The topological polar surface area (TPSA) is 103 Å². The highest BCUT2D eigenvalue weighted by Gasteiger charge is 2.30. The summed E-state index contributed by atoms with van der Waals surface area (Å²) in [4.78, 5) is 36.0. The molecule has 0 aliphatic carbocycles. The molecule has 2 aromatic rings. The number of halogens is 3. The van der Waals surface area contributed by atoms with Gasteiger partial charge in [-0.1, -0.05) is 6.07 Å². The van der Waals surface area contributed by atoms with E-state index in [9.17, 15) is 27.6 Å². The molecule has 0 aromatic heterocycles. The van der Waals surface area contributed by atoms with Crippen LogP contribution in [0.2, 0.25) is 0 Å². The molecule has 1 heterocycles. The molecule has 0 radical (unpaired) electrons. The number of ether oxygens (including phenoxy) is 3. The number of benzene rings is 2. The highest BCUT2D eigenvalue weighted by molar-refractivity contribution is 5.96. The van der Waals surface area contributed by atoms with E-state index in [0.717, 1.165) is 29.8 Å². The van der Waals surface area contributed by atoms with Gasteiger partial charge in [-0.3, -0.25) is 14.4 Å². The zero-order valence-electron chi connectivity index (χ0n) is 16.8. The van der Waals surface area contributed by atoms with E-state index in [4.69, 9.17) is 14.2 Å². The molecule has 0 saturated heterocycles. The third-order valence-corrected chi connectivity index (χ3v) is 4.45. The molecule has 1 aliphatic rings. The van der Waals surface area contributed by atoms with Crippen molar-refractivity contribution >= 4 is 17.8 Å². The summed E-state index contributed by atoms with van der Waals surface area (Å²) in [6, 6.07) is 8.70. The lowest BCUT2D eigenvalue weighted by atomic mass is 10.1. The minimum absolute atomic E-state index is 0.0553. The number of carbonyl (C=O) groups is 3. The molecule has 2 N–H and O–H groups in total. The van der Waals surface area contributed by atoms with Gasteiger partial charge >= 0.3 is 12.1 Å². The van der Waals surface area contributed by atoms with E-state index >= 15 is 0 Å². The van der Waals surface area contributed by atoms with Crippen molar-refractivity contribution < 1.29 is 41.8 Å². The predicted octanol–water partition coefficient (Wildman–Crippen LogP) is 2.41. The second kappa shape index (κ2) is 9.58. The fourth-order valence-electron chi connectivity index (χ4n) is 2.74. The van der Waals surface area contributed by atoms with Gasteiger partial charge < -0.3 is 24.8 Å². The van der Waals surface area contributed by atoms with E-state index in [0.29, 0.717) is 11.5 Å². The largest absolute Gasteiger partial charge is 0.454 e. The van der Waals surface area contributed by atoms with E-state index in [2.05, 4.69) is 10.6 Å². The second-order valence-electron chi connectivity index (χ2n) is 6.80. The Balaban J connectivity index is 1.41. The Bertz CT molecular complexity index is 1010. The van der Waals surface area contributed by atoms with Crippen LogP contribution in [-0.4, -0.2) is 37.2 Å². The first-order chi connectivity index (χ1) is 15.1. The Morgan fingerprint density at radius 2 is 1.72 bits per heavy atom. The van der Waals surface area contributed by atoms with Gasteiger partial charge in [0.15, 0.2) is 17.6 Å². The number of nitrogens with one attached hydrogen (secondary N) is 2. The molecule has 32 heavy (non-hydrogen) atoms. The summed E-state index contributed by atoms with van der Waals surface area (Å²) in [5, 5.41) is 4.84. The smallest absolute Gasteiger partial charge is 0.416 e. The standard InChI is InChI=1S/C21H19F3N2O6/c1-12(19(28)25-9-13-2-7-16-17(8-13)31-11-30-16)32-18(27)10-26-20(29)14-3-5-15(6-4-14)21(22,23)24/h2-8,12H,9-11H2,1H3,(H,25,28)(H,26,29). The molecule has 0 bridgehead atoms. The van der Waals surface area contributed by atoms with Crippen LogP contribution in [0.4, 0.5) is 13.2 Å². The first-order valence-corrected chi connectivity index (χ1v) is 9.44. The summed E-state index contributed by atoms with van der Waals surface area (Å²) in [6.07, 6.45) is -5.64. The van der Waals surface area contributed by atoms with Gasteiger partial charge in [-0.15, -0.1) is 0 Å². The predicted molar refractivity (Wildman–Crippen MR) is 104 cm³/mol. The molecule has 2 amide bonds. The van der Waals surface area contributed by atoms with Crippen LogP contribution in [0.15, 0.2) is 42.5 Å². The van der Waals surface area contributed by atoms with Gasteiger partial charge in [0.1, 0.15) is 6.54 Å². The molecular weight excluding hydrogens is 433 g/mol. The fourth-order valence-corrected chi connectivity index (χ4v) is 2.74. The Morgan fingerprint density at radius 1 is 1.03 bits per heavy atom. The molecule has 11 heteroatoms. The van der Waals surface area contributed by atoms with Crippen LogP contribution in [0.3, 0.4) is 0 Å². The average Bonchev–Trinajstić information content (AvgIpc) is 3.23. The highest BCUT2D eigenvalue weighted by Crippen LogP contribution is 2.32. The molecule has 170 valence electrons. The first-order valence-electron chi connectivity index (χ1n) is 9.44. The second-order valence-corrected chi connectivity index (χ2v) is 6.80. The number of hydrogen-bond donors (Lipinski definition) is 2. The van der Waals surface area contributed by atoms with Gasteiger partial charge in [-0.2, -0.15) is 13.2 Å². The number of hydrogen-bond acceptors (Lipinski definition) is 6. The molecule has 8 nitrogen and oxygen atoms in total. The van der Waals surface area contributed by atoms with Gasteiger partial charge in [-0.25, -0.2) is 0 Å². The maximum atomic E-state index is 12.6. The molecule has 1 atom stereocenters. The quantitative estimate of drug-likeness (QED) is 0.626. The average molecular weight is 452 g/mol. The molecule has 3 rings (SSSR count). The number of rotatable bonds is 7. The Labute approximate surface area is 180 Å². The van der Waals surface area contributed by atoms with Gasteiger partial charge in [0, 0.05) is 12.1 Å². The minimum atomic E-state index is -4.52. The molecule has 2 aromatic carbocycles. The maximum Gasteiger partial charge on any atom is 0.416 e. The summed E-state index contributed by atoms with van der Waals surface area (Å²) >= 11 is 0. The molecule has 1 aliphatic heterocycles. The van der Waals surface area contributed by atoms with Gasteiger partial charge in [0.05, 0.1) is 5.56 Å². The van der Waals surface area contributed by atoms with Crippen molar-refractivity contribution in [3.8, 4) is 11.5 Å². The number of carbonyl (C=O) groups excluding carboxylic acids is 3. The van der Waals surface area contributed by atoms with Crippen LogP contribution >= 0.6 is 0 Å².